The average Bonchev–Trinajstić information content (AvgIpc) is 3.09. The summed E-state index contributed by atoms with van der Waals surface area (Å²) in [6, 6.07) is 12.9. The number of nitrogens with one attached hydrogen (secondary N) is 1. The first-order valence-corrected chi connectivity index (χ1v) is 11.0. The van der Waals surface area contributed by atoms with E-state index in [2.05, 4.69) is 5.32 Å². The van der Waals surface area contributed by atoms with Gasteiger partial charge in [-0.1, -0.05) is 24.3 Å². The summed E-state index contributed by atoms with van der Waals surface area (Å²) in [5.74, 6) is -1.94. The summed E-state index contributed by atoms with van der Waals surface area (Å²) in [5, 5.41) is 2.65. The van der Waals surface area contributed by atoms with Gasteiger partial charge in [0.15, 0.2) is 0 Å². The number of nitrogens with zero attached hydrogens (tertiary/aromatic N) is 3. The Labute approximate surface area is 196 Å². The number of imide groups is 1. The second kappa shape index (κ2) is 9.74. The van der Waals surface area contributed by atoms with Crippen molar-refractivity contribution >= 4 is 35.4 Å². The predicted octanol–water partition coefficient (Wildman–Crippen LogP) is 1.84. The predicted molar refractivity (Wildman–Crippen MR) is 121 cm³/mol. The number of anilines is 1. The normalized spacial score (nSPS) is 15.3. The molecule has 2 aromatic rings. The van der Waals surface area contributed by atoms with Crippen LogP contribution in [0.2, 0.25) is 0 Å². The zero-order valence-corrected chi connectivity index (χ0v) is 18.7. The summed E-state index contributed by atoms with van der Waals surface area (Å²) >= 11 is 0. The van der Waals surface area contributed by atoms with Crippen LogP contribution in [0.4, 0.5) is 10.5 Å². The van der Waals surface area contributed by atoms with Crippen molar-refractivity contribution in [2.75, 3.05) is 44.6 Å². The topological polar surface area (TPSA) is 116 Å². The molecule has 4 rings (SSSR count). The highest BCUT2D eigenvalue weighted by Crippen LogP contribution is 2.23. The number of carbonyl (C=O) groups excluding carboxylic acids is 5. The van der Waals surface area contributed by atoms with Crippen LogP contribution >= 0.6 is 0 Å². The summed E-state index contributed by atoms with van der Waals surface area (Å²) in [4.78, 5) is 66.8. The van der Waals surface area contributed by atoms with Gasteiger partial charge in [0.1, 0.15) is 6.54 Å². The summed E-state index contributed by atoms with van der Waals surface area (Å²) in [5.41, 5.74) is 1.08. The maximum absolute atomic E-state index is 13.1. The molecule has 0 atom stereocenters. The molecule has 0 radical (unpaired) electrons. The number of fused-ring (bicyclic) bond motifs is 1. The van der Waals surface area contributed by atoms with E-state index in [0.29, 0.717) is 26.2 Å². The van der Waals surface area contributed by atoms with Crippen LogP contribution < -0.4 is 5.32 Å². The highest BCUT2D eigenvalue weighted by Gasteiger charge is 2.36. The van der Waals surface area contributed by atoms with Gasteiger partial charge in [-0.25, -0.2) is 4.79 Å². The minimum absolute atomic E-state index is 0.262. The average molecular weight is 464 g/mol. The van der Waals surface area contributed by atoms with E-state index in [1.807, 2.05) is 0 Å². The van der Waals surface area contributed by atoms with Gasteiger partial charge in [0.25, 0.3) is 17.7 Å². The zero-order valence-electron chi connectivity index (χ0n) is 18.7. The number of para-hydroxylation sites is 1. The fraction of sp³-hybridized carbons (Fsp3) is 0.292. The first-order valence-electron chi connectivity index (χ1n) is 11.0. The van der Waals surface area contributed by atoms with Gasteiger partial charge in [-0.15, -0.1) is 0 Å². The van der Waals surface area contributed by atoms with E-state index in [9.17, 15) is 24.0 Å². The Kier molecular flexibility index (Phi) is 6.58. The Morgan fingerprint density at radius 1 is 0.853 bits per heavy atom. The quantitative estimate of drug-likeness (QED) is 0.675. The van der Waals surface area contributed by atoms with E-state index in [1.165, 1.54) is 0 Å². The van der Waals surface area contributed by atoms with E-state index in [1.54, 1.807) is 65.3 Å². The summed E-state index contributed by atoms with van der Waals surface area (Å²) in [6.45, 7) is 2.90. The van der Waals surface area contributed by atoms with Crippen LogP contribution in [0.5, 0.6) is 0 Å². The molecule has 1 N–H and O–H groups in total. The number of hydrogen-bond acceptors (Lipinski definition) is 6. The van der Waals surface area contributed by atoms with Crippen molar-refractivity contribution in [1.29, 1.82) is 0 Å². The van der Waals surface area contributed by atoms with Gasteiger partial charge >= 0.3 is 6.09 Å². The molecule has 2 heterocycles. The van der Waals surface area contributed by atoms with Crippen LogP contribution in [0.3, 0.4) is 0 Å². The fourth-order valence-electron chi connectivity index (χ4n) is 3.97. The van der Waals surface area contributed by atoms with Gasteiger partial charge in [-0.05, 0) is 31.2 Å². The van der Waals surface area contributed by atoms with Gasteiger partial charge in [0.2, 0.25) is 5.91 Å². The van der Waals surface area contributed by atoms with E-state index in [0.717, 1.165) is 4.90 Å². The Morgan fingerprint density at radius 3 is 2.03 bits per heavy atom. The zero-order chi connectivity index (χ0) is 24.2. The van der Waals surface area contributed by atoms with E-state index in [-0.39, 0.29) is 34.9 Å². The van der Waals surface area contributed by atoms with E-state index < -0.39 is 30.4 Å². The molecule has 5 amide bonds. The van der Waals surface area contributed by atoms with E-state index in [4.69, 9.17) is 4.74 Å². The molecule has 1 fully saturated rings. The van der Waals surface area contributed by atoms with Crippen molar-refractivity contribution in [1.82, 2.24) is 14.7 Å². The third kappa shape index (κ3) is 4.47. The molecule has 176 valence electrons. The van der Waals surface area contributed by atoms with E-state index >= 15 is 0 Å². The maximum Gasteiger partial charge on any atom is 0.409 e. The van der Waals surface area contributed by atoms with Gasteiger partial charge in [-0.3, -0.25) is 24.1 Å². The van der Waals surface area contributed by atoms with Crippen LogP contribution in [0.25, 0.3) is 0 Å². The summed E-state index contributed by atoms with van der Waals surface area (Å²) in [7, 11) is 0. The maximum atomic E-state index is 13.1. The Bertz CT molecular complexity index is 1120. The standard InChI is InChI=1S/C24H24N4O6/c1-2-34-24(33)27-13-11-26(12-14-27)21(30)18-9-5-6-10-19(18)25-20(29)15-28-22(31)16-7-3-4-8-17(16)23(28)32/h3-10H,2,11-15H2,1H3,(H,25,29). The van der Waals surface area contributed by atoms with Crippen LogP contribution in [0.1, 0.15) is 38.0 Å². The number of benzene rings is 2. The number of piperazine rings is 1. The third-order valence-electron chi connectivity index (χ3n) is 5.70. The monoisotopic (exact) mass is 464 g/mol. The lowest BCUT2D eigenvalue weighted by molar-refractivity contribution is -0.116. The molecule has 0 spiro atoms. The third-order valence-corrected chi connectivity index (χ3v) is 5.70. The van der Waals surface area contributed by atoms with Crippen molar-refractivity contribution in [3.05, 3.63) is 65.2 Å². The first-order chi connectivity index (χ1) is 16.4. The van der Waals surface area contributed by atoms with Crippen LogP contribution in [0, 0.1) is 0 Å². The molecule has 1 saturated heterocycles. The summed E-state index contributed by atoms with van der Waals surface area (Å²) < 4.78 is 5.00. The molecule has 0 aliphatic carbocycles. The molecule has 2 aliphatic heterocycles. The molecule has 0 unspecified atom stereocenters. The van der Waals surface area contributed by atoms with Crippen molar-refractivity contribution < 1.29 is 28.7 Å². The minimum atomic E-state index is -0.595. The molecule has 10 nitrogen and oxygen atoms in total. The Morgan fingerprint density at radius 2 is 1.41 bits per heavy atom. The van der Waals surface area contributed by atoms with Crippen LogP contribution in [-0.2, 0) is 9.53 Å². The molecule has 0 bridgehead atoms. The Hall–Kier alpha value is -4.21. The first kappa shape index (κ1) is 23.0. The highest BCUT2D eigenvalue weighted by molar-refractivity contribution is 6.22. The van der Waals surface area contributed by atoms with Crippen molar-refractivity contribution in [3.8, 4) is 0 Å². The lowest BCUT2D eigenvalue weighted by atomic mass is 10.1. The second-order valence-corrected chi connectivity index (χ2v) is 7.81. The molecule has 0 saturated carbocycles. The van der Waals surface area contributed by atoms with Gasteiger partial charge in [0.05, 0.1) is 29.0 Å². The largest absolute Gasteiger partial charge is 0.450 e. The lowest BCUT2D eigenvalue weighted by Gasteiger charge is -2.34. The molecule has 0 aromatic heterocycles. The second-order valence-electron chi connectivity index (χ2n) is 7.81. The molecule has 10 heteroatoms. The van der Waals surface area contributed by atoms with Crippen molar-refractivity contribution in [2.24, 2.45) is 0 Å². The number of hydrogen-bond donors (Lipinski definition) is 1. The highest BCUT2D eigenvalue weighted by atomic mass is 16.6. The van der Waals surface area contributed by atoms with Crippen LogP contribution in [0.15, 0.2) is 48.5 Å². The number of ether oxygens (including phenoxy) is 1. The SMILES string of the molecule is CCOC(=O)N1CCN(C(=O)c2ccccc2NC(=O)CN2C(=O)c3ccccc3C2=O)CC1. The minimum Gasteiger partial charge on any atom is -0.450 e. The van der Waals surface area contributed by atoms with Gasteiger partial charge in [-0.2, -0.15) is 0 Å². The van der Waals surface area contributed by atoms with Crippen molar-refractivity contribution in [2.45, 2.75) is 6.92 Å². The number of rotatable bonds is 5. The number of carbonyl (C=O) groups is 5. The molecule has 34 heavy (non-hydrogen) atoms. The summed E-state index contributed by atoms with van der Waals surface area (Å²) in [6.07, 6.45) is -0.407. The number of amides is 5. The molecule has 2 aliphatic rings. The van der Waals surface area contributed by atoms with Gasteiger partial charge < -0.3 is 19.9 Å². The fourth-order valence-corrected chi connectivity index (χ4v) is 3.97. The van der Waals surface area contributed by atoms with Crippen LogP contribution in [-0.4, -0.2) is 83.8 Å². The molecular formula is C24H24N4O6. The lowest BCUT2D eigenvalue weighted by Crippen LogP contribution is -2.50. The molecule has 2 aromatic carbocycles. The smallest absolute Gasteiger partial charge is 0.409 e. The Balaban J connectivity index is 1.41. The molecular weight excluding hydrogens is 440 g/mol. The van der Waals surface area contributed by atoms with Gasteiger partial charge in [0, 0.05) is 26.2 Å². The van der Waals surface area contributed by atoms with Crippen molar-refractivity contribution in [3.63, 3.8) is 0 Å².